The number of aliphatic imine (C=N–C) groups is 1. The van der Waals surface area contributed by atoms with E-state index in [0.717, 1.165) is 51.5 Å². The van der Waals surface area contributed by atoms with Crippen LogP contribution in [0.3, 0.4) is 0 Å². The molecule has 0 saturated carbocycles. The molecule has 0 aliphatic carbocycles. The summed E-state index contributed by atoms with van der Waals surface area (Å²) in [5.41, 5.74) is 0. The lowest BCUT2D eigenvalue weighted by Crippen LogP contribution is -2.38. The van der Waals surface area contributed by atoms with Crippen molar-refractivity contribution in [1.82, 2.24) is 10.6 Å². The van der Waals surface area contributed by atoms with E-state index in [4.69, 9.17) is 18.9 Å². The third-order valence-corrected chi connectivity index (χ3v) is 2.85. The fourth-order valence-corrected chi connectivity index (χ4v) is 1.63. The molecule has 0 rings (SSSR count). The number of rotatable bonds is 15. The van der Waals surface area contributed by atoms with Gasteiger partial charge >= 0.3 is 0 Å². The standard InChI is InChI=1S/C15H33N3O4/c1-16-15(18-8-6-10-22-14-12-20-3)17-7-4-5-9-21-13-11-19-2/h4-14H2,1-3H3,(H2,16,17,18). The minimum Gasteiger partial charge on any atom is -0.382 e. The molecule has 0 amide bonds. The second-order valence-corrected chi connectivity index (χ2v) is 4.70. The zero-order valence-electron chi connectivity index (χ0n) is 14.4. The molecule has 0 atom stereocenters. The second kappa shape index (κ2) is 18.2. The van der Waals surface area contributed by atoms with Crippen molar-refractivity contribution >= 4 is 5.96 Å². The van der Waals surface area contributed by atoms with E-state index in [1.54, 1.807) is 21.3 Å². The number of methoxy groups -OCH3 is 2. The quantitative estimate of drug-likeness (QED) is 0.262. The predicted molar refractivity (Wildman–Crippen MR) is 88.6 cm³/mol. The van der Waals surface area contributed by atoms with Crippen molar-refractivity contribution in [3.05, 3.63) is 0 Å². The lowest BCUT2D eigenvalue weighted by Gasteiger charge is -2.12. The Morgan fingerprint density at radius 1 is 0.727 bits per heavy atom. The summed E-state index contributed by atoms with van der Waals surface area (Å²) in [6, 6.07) is 0. The van der Waals surface area contributed by atoms with Crippen molar-refractivity contribution in [2.24, 2.45) is 4.99 Å². The summed E-state index contributed by atoms with van der Waals surface area (Å²) >= 11 is 0. The molecule has 0 aromatic rings. The van der Waals surface area contributed by atoms with Gasteiger partial charge in [-0.1, -0.05) is 0 Å². The Kier molecular flexibility index (Phi) is 17.4. The molecule has 0 spiro atoms. The van der Waals surface area contributed by atoms with E-state index in [9.17, 15) is 0 Å². The first kappa shape index (κ1) is 21.1. The van der Waals surface area contributed by atoms with E-state index in [-0.39, 0.29) is 0 Å². The lowest BCUT2D eigenvalue weighted by molar-refractivity contribution is 0.0689. The summed E-state index contributed by atoms with van der Waals surface area (Å²) in [6.07, 6.45) is 3.02. The third kappa shape index (κ3) is 15.5. The summed E-state index contributed by atoms with van der Waals surface area (Å²) in [5, 5.41) is 6.54. The van der Waals surface area contributed by atoms with Gasteiger partial charge in [0.05, 0.1) is 26.4 Å². The van der Waals surface area contributed by atoms with Gasteiger partial charge in [-0.15, -0.1) is 0 Å². The molecule has 7 nitrogen and oxygen atoms in total. The van der Waals surface area contributed by atoms with E-state index < -0.39 is 0 Å². The molecule has 0 bridgehead atoms. The zero-order chi connectivity index (χ0) is 16.3. The average Bonchev–Trinajstić information content (AvgIpc) is 2.54. The molecule has 0 unspecified atom stereocenters. The van der Waals surface area contributed by atoms with Crippen LogP contribution in [0.4, 0.5) is 0 Å². The van der Waals surface area contributed by atoms with Crippen molar-refractivity contribution in [1.29, 1.82) is 0 Å². The molecule has 22 heavy (non-hydrogen) atoms. The van der Waals surface area contributed by atoms with Crippen LogP contribution in [0, 0.1) is 0 Å². The Hall–Kier alpha value is -0.890. The Bertz CT molecular complexity index is 253. The summed E-state index contributed by atoms with van der Waals surface area (Å²) < 4.78 is 20.6. The van der Waals surface area contributed by atoms with Crippen LogP contribution in [0.15, 0.2) is 4.99 Å². The number of nitrogens with one attached hydrogen (secondary N) is 2. The van der Waals surface area contributed by atoms with Gasteiger partial charge in [0.25, 0.3) is 0 Å². The number of guanidine groups is 1. The van der Waals surface area contributed by atoms with Crippen LogP contribution in [0.5, 0.6) is 0 Å². The molecule has 7 heteroatoms. The topological polar surface area (TPSA) is 73.3 Å². The van der Waals surface area contributed by atoms with E-state index in [1.165, 1.54) is 0 Å². The summed E-state index contributed by atoms with van der Waals surface area (Å²) in [4.78, 5) is 4.18. The van der Waals surface area contributed by atoms with Crippen LogP contribution in [0.1, 0.15) is 19.3 Å². The molecule has 0 fully saturated rings. The number of unbranched alkanes of at least 4 members (excludes halogenated alkanes) is 1. The van der Waals surface area contributed by atoms with Gasteiger partial charge in [-0.25, -0.2) is 0 Å². The highest BCUT2D eigenvalue weighted by atomic mass is 16.5. The third-order valence-electron chi connectivity index (χ3n) is 2.85. The first-order valence-corrected chi connectivity index (χ1v) is 7.93. The Morgan fingerprint density at radius 3 is 1.82 bits per heavy atom. The minimum absolute atomic E-state index is 0.645. The molecular formula is C15H33N3O4. The minimum atomic E-state index is 0.645. The normalized spacial score (nSPS) is 11.7. The van der Waals surface area contributed by atoms with Gasteiger partial charge in [-0.3, -0.25) is 4.99 Å². The zero-order valence-corrected chi connectivity index (χ0v) is 14.4. The summed E-state index contributed by atoms with van der Waals surface area (Å²) in [7, 11) is 5.13. The van der Waals surface area contributed by atoms with Gasteiger partial charge in [-0.2, -0.15) is 0 Å². The molecule has 132 valence electrons. The van der Waals surface area contributed by atoms with Crippen LogP contribution in [0.2, 0.25) is 0 Å². The molecule has 0 aliphatic rings. The molecule has 0 radical (unpaired) electrons. The second-order valence-electron chi connectivity index (χ2n) is 4.70. The summed E-state index contributed by atoms with van der Waals surface area (Å²) in [6.45, 7) is 5.85. The average molecular weight is 319 g/mol. The van der Waals surface area contributed by atoms with Crippen molar-refractivity contribution in [2.45, 2.75) is 19.3 Å². The highest BCUT2D eigenvalue weighted by Crippen LogP contribution is 1.89. The van der Waals surface area contributed by atoms with Gasteiger partial charge in [0.2, 0.25) is 0 Å². The smallest absolute Gasteiger partial charge is 0.190 e. The number of nitrogens with zero attached hydrogens (tertiary/aromatic N) is 1. The monoisotopic (exact) mass is 319 g/mol. The van der Waals surface area contributed by atoms with E-state index in [2.05, 4.69) is 15.6 Å². The molecule has 0 heterocycles. The van der Waals surface area contributed by atoms with Crippen molar-refractivity contribution < 1.29 is 18.9 Å². The summed E-state index contributed by atoms with van der Waals surface area (Å²) in [5.74, 6) is 0.831. The van der Waals surface area contributed by atoms with Crippen molar-refractivity contribution in [2.75, 3.05) is 74.0 Å². The fourth-order valence-electron chi connectivity index (χ4n) is 1.63. The lowest BCUT2D eigenvalue weighted by atomic mass is 10.3. The largest absolute Gasteiger partial charge is 0.382 e. The first-order valence-electron chi connectivity index (χ1n) is 7.93. The van der Waals surface area contributed by atoms with Crippen molar-refractivity contribution in [3.63, 3.8) is 0 Å². The molecule has 0 saturated heterocycles. The van der Waals surface area contributed by atoms with Gasteiger partial charge < -0.3 is 29.6 Å². The molecule has 0 aromatic heterocycles. The highest BCUT2D eigenvalue weighted by Gasteiger charge is 1.97. The first-order chi connectivity index (χ1) is 10.8. The maximum absolute atomic E-state index is 5.41. The van der Waals surface area contributed by atoms with Gasteiger partial charge in [0.15, 0.2) is 5.96 Å². The molecular weight excluding hydrogens is 286 g/mol. The molecule has 2 N–H and O–H groups in total. The van der Waals surface area contributed by atoms with Crippen LogP contribution in [-0.2, 0) is 18.9 Å². The van der Waals surface area contributed by atoms with E-state index in [0.29, 0.717) is 26.4 Å². The number of hydrogen-bond acceptors (Lipinski definition) is 5. The van der Waals surface area contributed by atoms with Gasteiger partial charge in [0.1, 0.15) is 0 Å². The Morgan fingerprint density at radius 2 is 1.27 bits per heavy atom. The SMILES string of the molecule is CN=C(NCCCCOCCOC)NCCCOCCOC. The fraction of sp³-hybridized carbons (Fsp3) is 0.933. The van der Waals surface area contributed by atoms with Gasteiger partial charge in [0, 0.05) is 47.6 Å². The van der Waals surface area contributed by atoms with Crippen molar-refractivity contribution in [3.8, 4) is 0 Å². The van der Waals surface area contributed by atoms with E-state index >= 15 is 0 Å². The number of hydrogen-bond donors (Lipinski definition) is 2. The Labute approximate surface area is 134 Å². The molecule has 0 aliphatic heterocycles. The maximum atomic E-state index is 5.41. The molecule has 0 aromatic carbocycles. The Balaban J connectivity index is 3.33. The van der Waals surface area contributed by atoms with Gasteiger partial charge in [-0.05, 0) is 19.3 Å². The van der Waals surface area contributed by atoms with E-state index in [1.807, 2.05) is 0 Å². The van der Waals surface area contributed by atoms with Crippen LogP contribution >= 0.6 is 0 Å². The predicted octanol–water partition coefficient (Wildman–Crippen LogP) is 0.648. The van der Waals surface area contributed by atoms with Crippen LogP contribution in [-0.4, -0.2) is 80.0 Å². The number of ether oxygens (including phenoxy) is 4. The maximum Gasteiger partial charge on any atom is 0.190 e. The van der Waals surface area contributed by atoms with Crippen LogP contribution in [0.25, 0.3) is 0 Å². The van der Waals surface area contributed by atoms with Crippen LogP contribution < -0.4 is 10.6 Å². The highest BCUT2D eigenvalue weighted by molar-refractivity contribution is 5.79.